The number of rotatable bonds is 3. The summed E-state index contributed by atoms with van der Waals surface area (Å²) < 4.78 is 11.2. The van der Waals surface area contributed by atoms with Gasteiger partial charge in [0.05, 0.1) is 6.21 Å². The minimum atomic E-state index is -0.598. The Hall–Kier alpha value is -2.83. The lowest BCUT2D eigenvalue weighted by molar-refractivity contribution is -0.125. The van der Waals surface area contributed by atoms with E-state index in [1.165, 1.54) is 4.90 Å². The summed E-state index contributed by atoms with van der Waals surface area (Å²) in [7, 11) is 0. The third-order valence-electron chi connectivity index (χ3n) is 4.59. The van der Waals surface area contributed by atoms with E-state index < -0.39 is 17.7 Å². The second kappa shape index (κ2) is 8.04. The average Bonchev–Trinajstić information content (AvgIpc) is 3.10. The molecule has 0 bridgehead atoms. The van der Waals surface area contributed by atoms with Crippen molar-refractivity contribution < 1.29 is 19.1 Å². The van der Waals surface area contributed by atoms with E-state index in [0.717, 1.165) is 23.3 Å². The fourth-order valence-electron chi connectivity index (χ4n) is 3.23. The first-order valence-corrected chi connectivity index (χ1v) is 9.54. The Bertz CT molecular complexity index is 810. The standard InChI is InChI=1S/C21H27N3O4/c1-14-16(12-15-8-5-6-10-18(15)27-14)13-22-23-19(25)17-9-7-11-24(17)20(26)28-21(2,3)4/h5-6,8,10,12-14,17H,7,9,11H2,1-4H3,(H,23,25)/t14-,17+/m0/s1. The minimum Gasteiger partial charge on any atom is -0.485 e. The zero-order valence-electron chi connectivity index (χ0n) is 16.8. The van der Waals surface area contributed by atoms with Gasteiger partial charge in [0.2, 0.25) is 0 Å². The van der Waals surface area contributed by atoms with Crippen LogP contribution in [0.5, 0.6) is 5.75 Å². The van der Waals surface area contributed by atoms with Crippen LogP contribution in [0.4, 0.5) is 4.79 Å². The van der Waals surface area contributed by atoms with Crippen molar-refractivity contribution in [3.05, 3.63) is 35.4 Å². The van der Waals surface area contributed by atoms with Gasteiger partial charge in [0.1, 0.15) is 23.5 Å². The van der Waals surface area contributed by atoms with Crippen molar-refractivity contribution >= 4 is 24.3 Å². The lowest BCUT2D eigenvalue weighted by atomic mass is 10.0. The van der Waals surface area contributed by atoms with E-state index in [4.69, 9.17) is 9.47 Å². The Morgan fingerprint density at radius 3 is 2.82 bits per heavy atom. The fourth-order valence-corrected chi connectivity index (χ4v) is 3.23. The van der Waals surface area contributed by atoms with Crippen LogP contribution in [0.3, 0.4) is 0 Å². The number of benzene rings is 1. The second-order valence-electron chi connectivity index (χ2n) is 8.01. The van der Waals surface area contributed by atoms with Crippen molar-refractivity contribution in [2.75, 3.05) is 6.54 Å². The van der Waals surface area contributed by atoms with E-state index in [1.54, 1.807) is 27.0 Å². The molecule has 0 aliphatic carbocycles. The lowest BCUT2D eigenvalue weighted by Gasteiger charge is -2.27. The van der Waals surface area contributed by atoms with Gasteiger partial charge in [-0.15, -0.1) is 0 Å². The molecule has 1 aromatic rings. The molecule has 1 fully saturated rings. The minimum absolute atomic E-state index is 0.166. The summed E-state index contributed by atoms with van der Waals surface area (Å²) in [6, 6.07) is 7.18. The molecule has 0 spiro atoms. The highest BCUT2D eigenvalue weighted by molar-refractivity contribution is 5.91. The van der Waals surface area contributed by atoms with Crippen LogP contribution in [0.1, 0.15) is 46.1 Å². The van der Waals surface area contributed by atoms with E-state index in [2.05, 4.69) is 10.5 Å². The number of likely N-dealkylation sites (tertiary alicyclic amines) is 1. The van der Waals surface area contributed by atoms with Crippen molar-refractivity contribution in [2.45, 2.75) is 58.3 Å². The van der Waals surface area contributed by atoms with Gasteiger partial charge in [-0.05, 0) is 52.7 Å². The molecule has 2 aliphatic rings. The highest BCUT2D eigenvalue weighted by Crippen LogP contribution is 2.28. The molecule has 150 valence electrons. The predicted octanol–water partition coefficient (Wildman–Crippen LogP) is 3.35. The van der Waals surface area contributed by atoms with Gasteiger partial charge < -0.3 is 9.47 Å². The van der Waals surface area contributed by atoms with Crippen molar-refractivity contribution in [1.29, 1.82) is 0 Å². The number of hydrogen-bond acceptors (Lipinski definition) is 5. The fraction of sp³-hybridized carbons (Fsp3) is 0.476. The van der Waals surface area contributed by atoms with Gasteiger partial charge in [-0.25, -0.2) is 10.2 Å². The monoisotopic (exact) mass is 385 g/mol. The van der Waals surface area contributed by atoms with E-state index in [1.807, 2.05) is 37.3 Å². The van der Waals surface area contributed by atoms with E-state index in [9.17, 15) is 9.59 Å². The van der Waals surface area contributed by atoms with Crippen molar-refractivity contribution in [2.24, 2.45) is 5.10 Å². The van der Waals surface area contributed by atoms with Gasteiger partial charge in [0.25, 0.3) is 5.91 Å². The Balaban J connectivity index is 1.62. The molecule has 2 heterocycles. The number of ether oxygens (including phenoxy) is 2. The number of amides is 2. The van der Waals surface area contributed by atoms with Gasteiger partial charge in [0.15, 0.2) is 0 Å². The number of hydrazone groups is 1. The number of fused-ring (bicyclic) bond motifs is 1. The van der Waals surface area contributed by atoms with Gasteiger partial charge in [-0.3, -0.25) is 9.69 Å². The van der Waals surface area contributed by atoms with Crippen LogP contribution < -0.4 is 10.2 Å². The number of carbonyl (C=O) groups is 2. The lowest BCUT2D eigenvalue weighted by Crippen LogP contribution is -2.46. The third-order valence-corrected chi connectivity index (χ3v) is 4.59. The summed E-state index contributed by atoms with van der Waals surface area (Å²) in [5, 5.41) is 4.08. The quantitative estimate of drug-likeness (QED) is 0.639. The Morgan fingerprint density at radius 2 is 2.07 bits per heavy atom. The number of nitrogens with one attached hydrogen (secondary N) is 1. The predicted molar refractivity (Wildman–Crippen MR) is 107 cm³/mol. The molecule has 3 rings (SSSR count). The first-order valence-electron chi connectivity index (χ1n) is 9.54. The molecule has 2 aliphatic heterocycles. The van der Waals surface area contributed by atoms with Crippen LogP contribution in [0.2, 0.25) is 0 Å². The third kappa shape index (κ3) is 4.71. The Morgan fingerprint density at radius 1 is 1.32 bits per heavy atom. The number of hydrogen-bond donors (Lipinski definition) is 1. The molecule has 1 aromatic carbocycles. The largest absolute Gasteiger partial charge is 0.485 e. The topological polar surface area (TPSA) is 80.2 Å². The molecular weight excluding hydrogens is 358 g/mol. The van der Waals surface area contributed by atoms with Crippen LogP contribution in [0.25, 0.3) is 6.08 Å². The average molecular weight is 385 g/mol. The van der Waals surface area contributed by atoms with Gasteiger partial charge in [-0.1, -0.05) is 18.2 Å². The highest BCUT2D eigenvalue weighted by atomic mass is 16.6. The molecule has 0 saturated carbocycles. The maximum atomic E-state index is 12.5. The van der Waals surface area contributed by atoms with E-state index >= 15 is 0 Å². The molecular formula is C21H27N3O4. The summed E-state index contributed by atoms with van der Waals surface area (Å²) in [6.45, 7) is 7.85. The van der Waals surface area contributed by atoms with Crippen LogP contribution >= 0.6 is 0 Å². The SMILES string of the molecule is C[C@@H]1Oc2ccccc2C=C1C=NNC(=O)[C@H]1CCCN1C(=O)OC(C)(C)C. The molecule has 1 saturated heterocycles. The molecule has 7 heteroatoms. The van der Waals surface area contributed by atoms with Crippen molar-refractivity contribution in [1.82, 2.24) is 10.3 Å². The van der Waals surface area contributed by atoms with Crippen LogP contribution in [-0.2, 0) is 9.53 Å². The summed E-state index contributed by atoms with van der Waals surface area (Å²) in [5.41, 5.74) is 3.78. The van der Waals surface area contributed by atoms with Gasteiger partial charge >= 0.3 is 6.09 Å². The maximum absolute atomic E-state index is 12.5. The molecule has 28 heavy (non-hydrogen) atoms. The first kappa shape index (κ1) is 19.9. The molecule has 2 amide bonds. The zero-order valence-corrected chi connectivity index (χ0v) is 16.8. The summed E-state index contributed by atoms with van der Waals surface area (Å²) in [6.07, 6.45) is 4.29. The molecule has 0 unspecified atom stereocenters. The normalized spacial score (nSPS) is 21.7. The molecule has 0 radical (unpaired) electrons. The van der Waals surface area contributed by atoms with Crippen molar-refractivity contribution in [3.63, 3.8) is 0 Å². The van der Waals surface area contributed by atoms with E-state index in [0.29, 0.717) is 13.0 Å². The van der Waals surface area contributed by atoms with E-state index in [-0.39, 0.29) is 12.0 Å². The summed E-state index contributed by atoms with van der Waals surface area (Å²) >= 11 is 0. The first-order chi connectivity index (χ1) is 13.2. The van der Waals surface area contributed by atoms with Crippen molar-refractivity contribution in [3.8, 4) is 5.75 Å². The summed E-state index contributed by atoms with van der Waals surface area (Å²) in [4.78, 5) is 26.3. The Kier molecular flexibility index (Phi) is 5.72. The van der Waals surface area contributed by atoms with Crippen LogP contribution in [0.15, 0.2) is 34.9 Å². The van der Waals surface area contributed by atoms with Crippen LogP contribution in [-0.4, -0.2) is 47.4 Å². The zero-order chi connectivity index (χ0) is 20.3. The Labute approximate surface area is 165 Å². The summed E-state index contributed by atoms with van der Waals surface area (Å²) in [5.74, 6) is 0.514. The number of carbonyl (C=O) groups excluding carboxylic acids is 2. The van der Waals surface area contributed by atoms with Gasteiger partial charge in [-0.2, -0.15) is 5.10 Å². The molecule has 7 nitrogen and oxygen atoms in total. The van der Waals surface area contributed by atoms with Gasteiger partial charge in [0, 0.05) is 17.7 Å². The number of nitrogens with zero attached hydrogens (tertiary/aromatic N) is 2. The maximum Gasteiger partial charge on any atom is 0.410 e. The molecule has 0 aromatic heterocycles. The molecule has 2 atom stereocenters. The highest BCUT2D eigenvalue weighted by Gasteiger charge is 2.36. The van der Waals surface area contributed by atoms with Crippen LogP contribution in [0, 0.1) is 0 Å². The second-order valence-corrected chi connectivity index (χ2v) is 8.01. The number of para-hydroxylation sites is 1. The molecule has 1 N–H and O–H groups in total. The smallest absolute Gasteiger partial charge is 0.410 e.